The lowest BCUT2D eigenvalue weighted by molar-refractivity contribution is -0.0498. The summed E-state index contributed by atoms with van der Waals surface area (Å²) in [4.78, 5) is 11.8. The number of alkyl halides is 2. The molecule has 0 aliphatic carbocycles. The summed E-state index contributed by atoms with van der Waals surface area (Å²) in [5.41, 5.74) is -0.614. The topological polar surface area (TPSA) is 81.7 Å². The maximum Gasteiger partial charge on any atom is 0.387 e. The van der Waals surface area contributed by atoms with Gasteiger partial charge in [0.2, 0.25) is 10.0 Å². The molecular formula is C15H10Cl2F3NO5S. The van der Waals surface area contributed by atoms with E-state index in [-0.39, 0.29) is 27.3 Å². The van der Waals surface area contributed by atoms with Crippen LogP contribution in [-0.4, -0.2) is 27.2 Å². The molecule has 0 saturated carbocycles. The molecule has 0 atom stereocenters. The monoisotopic (exact) mass is 443 g/mol. The van der Waals surface area contributed by atoms with Crippen molar-refractivity contribution in [3.8, 4) is 17.2 Å². The van der Waals surface area contributed by atoms with Crippen LogP contribution in [0.1, 0.15) is 10.4 Å². The number of rotatable bonds is 6. The summed E-state index contributed by atoms with van der Waals surface area (Å²) in [5.74, 6) is -2.79. The first-order chi connectivity index (χ1) is 12.5. The lowest BCUT2D eigenvalue weighted by atomic mass is 10.2. The Balaban J connectivity index is 2.26. The molecule has 27 heavy (non-hydrogen) atoms. The zero-order valence-corrected chi connectivity index (χ0v) is 15.6. The zero-order valence-electron chi connectivity index (χ0n) is 13.3. The minimum absolute atomic E-state index is 0.0243. The lowest BCUT2D eigenvalue weighted by Crippen LogP contribution is -2.30. The molecule has 2 aromatic carbocycles. The van der Waals surface area contributed by atoms with Crippen LogP contribution in [0.25, 0.3) is 0 Å². The first kappa shape index (κ1) is 21.1. The summed E-state index contributed by atoms with van der Waals surface area (Å²) in [7, 11) is -3.90. The van der Waals surface area contributed by atoms with Crippen LogP contribution < -0.4 is 14.2 Å². The van der Waals surface area contributed by atoms with Crippen molar-refractivity contribution in [3.63, 3.8) is 0 Å². The Bertz CT molecular complexity index is 986. The first-order valence-electron chi connectivity index (χ1n) is 6.89. The molecule has 2 aromatic rings. The van der Waals surface area contributed by atoms with Gasteiger partial charge in [-0.25, -0.2) is 17.5 Å². The van der Waals surface area contributed by atoms with Crippen LogP contribution in [0.15, 0.2) is 30.3 Å². The number of amides is 1. The van der Waals surface area contributed by atoms with Crippen LogP contribution in [0.3, 0.4) is 0 Å². The third-order valence-corrected chi connectivity index (χ3v) is 4.04. The van der Waals surface area contributed by atoms with E-state index in [9.17, 15) is 26.4 Å². The molecule has 1 amide bonds. The van der Waals surface area contributed by atoms with Crippen molar-refractivity contribution in [1.29, 1.82) is 0 Å². The molecule has 12 heteroatoms. The molecule has 0 bridgehead atoms. The molecule has 0 spiro atoms. The Kier molecular flexibility index (Phi) is 6.45. The van der Waals surface area contributed by atoms with Gasteiger partial charge in [0.15, 0.2) is 0 Å². The fraction of sp³-hybridized carbons (Fsp3) is 0.133. The normalized spacial score (nSPS) is 11.4. The number of carbonyl (C=O) groups excluding carboxylic acids is 1. The van der Waals surface area contributed by atoms with E-state index in [1.165, 1.54) is 6.07 Å². The molecule has 0 radical (unpaired) electrons. The van der Waals surface area contributed by atoms with E-state index in [2.05, 4.69) is 4.74 Å². The summed E-state index contributed by atoms with van der Waals surface area (Å²) < 4.78 is 71.8. The summed E-state index contributed by atoms with van der Waals surface area (Å²) in [5, 5.41) is -0.396. The number of halogens is 5. The van der Waals surface area contributed by atoms with Gasteiger partial charge in [0, 0.05) is 12.1 Å². The SMILES string of the molecule is CS(=O)(=O)NC(=O)c1cc(Cl)c(Oc2ccc(OC(F)F)c(Cl)c2)cc1F. The number of ether oxygens (including phenoxy) is 2. The third kappa shape index (κ3) is 5.91. The maximum absolute atomic E-state index is 14.1. The van der Waals surface area contributed by atoms with E-state index >= 15 is 0 Å². The minimum atomic E-state index is -3.90. The van der Waals surface area contributed by atoms with Gasteiger partial charge in [-0.05, 0) is 18.2 Å². The van der Waals surface area contributed by atoms with Gasteiger partial charge in [-0.2, -0.15) is 8.78 Å². The van der Waals surface area contributed by atoms with E-state index in [1.54, 1.807) is 4.72 Å². The summed E-state index contributed by atoms with van der Waals surface area (Å²) in [6, 6.07) is 5.11. The van der Waals surface area contributed by atoms with Crippen molar-refractivity contribution in [2.45, 2.75) is 6.61 Å². The van der Waals surface area contributed by atoms with Gasteiger partial charge >= 0.3 is 6.61 Å². The summed E-state index contributed by atoms with van der Waals surface area (Å²) >= 11 is 11.7. The van der Waals surface area contributed by atoms with E-state index in [1.807, 2.05) is 0 Å². The Morgan fingerprint density at radius 2 is 1.74 bits per heavy atom. The van der Waals surface area contributed by atoms with Gasteiger partial charge in [-0.1, -0.05) is 23.2 Å². The Morgan fingerprint density at radius 1 is 1.11 bits per heavy atom. The van der Waals surface area contributed by atoms with Crippen LogP contribution in [0.2, 0.25) is 10.0 Å². The Hall–Kier alpha value is -2.17. The van der Waals surface area contributed by atoms with Gasteiger partial charge in [0.1, 0.15) is 23.1 Å². The summed E-state index contributed by atoms with van der Waals surface area (Å²) in [6.07, 6.45) is 0.729. The van der Waals surface area contributed by atoms with Crippen LogP contribution >= 0.6 is 23.2 Å². The van der Waals surface area contributed by atoms with E-state index in [0.29, 0.717) is 0 Å². The molecule has 0 unspecified atom stereocenters. The quantitative estimate of drug-likeness (QED) is 0.722. The van der Waals surface area contributed by atoms with Gasteiger partial charge in [0.05, 0.1) is 21.9 Å². The number of hydrogen-bond acceptors (Lipinski definition) is 5. The second-order valence-corrected chi connectivity index (χ2v) is 7.60. The smallest absolute Gasteiger partial charge is 0.387 e. The molecule has 1 N–H and O–H groups in total. The molecular weight excluding hydrogens is 434 g/mol. The number of sulfonamides is 1. The van der Waals surface area contributed by atoms with Crippen molar-refractivity contribution >= 4 is 39.1 Å². The predicted molar refractivity (Wildman–Crippen MR) is 91.9 cm³/mol. The van der Waals surface area contributed by atoms with Crippen LogP contribution in [0.5, 0.6) is 17.2 Å². The number of benzene rings is 2. The highest BCUT2D eigenvalue weighted by molar-refractivity contribution is 7.89. The van der Waals surface area contributed by atoms with Crippen LogP contribution in [-0.2, 0) is 10.0 Å². The Morgan fingerprint density at radius 3 is 2.30 bits per heavy atom. The van der Waals surface area contributed by atoms with Crippen molar-refractivity contribution in [1.82, 2.24) is 4.72 Å². The van der Waals surface area contributed by atoms with Crippen molar-refractivity contribution in [3.05, 3.63) is 51.8 Å². The molecule has 6 nitrogen and oxygen atoms in total. The molecule has 0 aromatic heterocycles. The van der Waals surface area contributed by atoms with Gasteiger partial charge in [0.25, 0.3) is 5.91 Å². The second-order valence-electron chi connectivity index (χ2n) is 5.04. The molecule has 146 valence electrons. The average Bonchev–Trinajstić information content (AvgIpc) is 2.51. The number of hydrogen-bond donors (Lipinski definition) is 1. The molecule has 0 heterocycles. The minimum Gasteiger partial charge on any atom is -0.456 e. The van der Waals surface area contributed by atoms with Gasteiger partial charge < -0.3 is 9.47 Å². The van der Waals surface area contributed by atoms with Gasteiger partial charge in [-0.3, -0.25) is 4.79 Å². The highest BCUT2D eigenvalue weighted by Gasteiger charge is 2.19. The van der Waals surface area contributed by atoms with E-state index in [4.69, 9.17) is 27.9 Å². The van der Waals surface area contributed by atoms with Crippen molar-refractivity contribution < 1.29 is 35.9 Å². The fourth-order valence-electron chi connectivity index (χ4n) is 1.87. The standard InChI is InChI=1S/C15H10Cl2F3NO5S/c1-27(23,24)21-14(22)8-5-10(17)13(6-11(8)18)25-7-2-3-12(9(16)4-7)26-15(19)20/h2-6,15H,1H3,(H,21,22). The molecule has 0 aliphatic heterocycles. The largest absolute Gasteiger partial charge is 0.456 e. The first-order valence-corrected chi connectivity index (χ1v) is 9.54. The molecule has 0 fully saturated rings. The molecule has 2 rings (SSSR count). The van der Waals surface area contributed by atoms with E-state index < -0.39 is 33.9 Å². The van der Waals surface area contributed by atoms with Crippen LogP contribution in [0.4, 0.5) is 13.2 Å². The molecule has 0 saturated heterocycles. The second kappa shape index (κ2) is 8.24. The average molecular weight is 444 g/mol. The highest BCUT2D eigenvalue weighted by Crippen LogP contribution is 2.35. The van der Waals surface area contributed by atoms with Crippen molar-refractivity contribution in [2.75, 3.05) is 6.26 Å². The summed E-state index contributed by atoms with van der Waals surface area (Å²) in [6.45, 7) is -3.07. The predicted octanol–water partition coefficient (Wildman–Crippen LogP) is 4.22. The lowest BCUT2D eigenvalue weighted by Gasteiger charge is -2.12. The van der Waals surface area contributed by atoms with E-state index in [0.717, 1.165) is 30.5 Å². The van der Waals surface area contributed by atoms with Crippen molar-refractivity contribution in [2.24, 2.45) is 0 Å². The van der Waals surface area contributed by atoms with Gasteiger partial charge in [-0.15, -0.1) is 0 Å². The third-order valence-electron chi connectivity index (χ3n) is 2.89. The van der Waals surface area contributed by atoms with Crippen LogP contribution in [0, 0.1) is 5.82 Å². The Labute approximate surface area is 161 Å². The maximum atomic E-state index is 14.1. The number of nitrogens with one attached hydrogen (secondary N) is 1. The highest BCUT2D eigenvalue weighted by atomic mass is 35.5. The zero-order chi connectivity index (χ0) is 20.4. The number of carbonyl (C=O) groups is 1. The molecule has 0 aliphatic rings. The fourth-order valence-corrected chi connectivity index (χ4v) is 2.73.